The zero-order valence-corrected chi connectivity index (χ0v) is 11.9. The van der Waals surface area contributed by atoms with Crippen LogP contribution >= 0.6 is 15.9 Å². The van der Waals surface area contributed by atoms with Crippen LogP contribution in [0.15, 0.2) is 16.7 Å². The molecule has 10 heteroatoms. The topological polar surface area (TPSA) is 93.4 Å². The monoisotopic (exact) mass is 353 g/mol. The Bertz CT molecular complexity index is 624. The minimum atomic E-state index is -4.56. The van der Waals surface area contributed by atoms with Gasteiger partial charge in [-0.1, -0.05) is 0 Å². The van der Waals surface area contributed by atoms with E-state index in [0.717, 1.165) is 0 Å². The van der Waals surface area contributed by atoms with Crippen molar-refractivity contribution in [2.24, 2.45) is 0 Å². The number of nitrogens with zero attached hydrogens (tertiary/aromatic N) is 3. The lowest BCUT2D eigenvalue weighted by Gasteiger charge is -2.16. The van der Waals surface area contributed by atoms with Crippen LogP contribution in [0.2, 0.25) is 0 Å². The summed E-state index contributed by atoms with van der Waals surface area (Å²) >= 11 is 3.03. The summed E-state index contributed by atoms with van der Waals surface area (Å²) in [6.07, 6.45) is 1.46. The fourth-order valence-electron chi connectivity index (χ4n) is 1.92. The molecule has 104 valence electrons. The summed E-state index contributed by atoms with van der Waals surface area (Å²) in [4.78, 5) is 15.3. The number of hydrogen-bond donors (Lipinski definition) is 0. The Hall–Kier alpha value is -1.29. The van der Waals surface area contributed by atoms with Crippen molar-refractivity contribution in [3.63, 3.8) is 0 Å². The van der Waals surface area contributed by atoms with Crippen LogP contribution in [-0.4, -0.2) is 36.7 Å². The molecule has 1 aromatic rings. The molecule has 1 saturated heterocycles. The summed E-state index contributed by atoms with van der Waals surface area (Å²) in [7, 11) is -4.56. The van der Waals surface area contributed by atoms with Gasteiger partial charge in [-0.2, -0.15) is 8.42 Å². The van der Waals surface area contributed by atoms with E-state index in [1.54, 1.807) is 4.90 Å². The SMILES string of the molecule is O=[N+]([O-])c1ncc(N2CCC(S(=O)(=O)F)C2)cc1Br. The van der Waals surface area contributed by atoms with Crippen molar-refractivity contribution in [3.05, 3.63) is 26.9 Å². The highest BCUT2D eigenvalue weighted by atomic mass is 79.9. The molecule has 0 amide bonds. The van der Waals surface area contributed by atoms with Gasteiger partial charge in [0.25, 0.3) is 0 Å². The molecule has 0 saturated carbocycles. The van der Waals surface area contributed by atoms with Gasteiger partial charge >= 0.3 is 16.0 Å². The van der Waals surface area contributed by atoms with Crippen LogP contribution < -0.4 is 4.90 Å². The number of halogens is 2. The van der Waals surface area contributed by atoms with Gasteiger partial charge in [-0.05, 0) is 38.3 Å². The Kier molecular flexibility index (Phi) is 3.72. The van der Waals surface area contributed by atoms with Crippen molar-refractivity contribution in [1.29, 1.82) is 0 Å². The molecule has 0 aliphatic carbocycles. The van der Waals surface area contributed by atoms with Crippen LogP contribution in [0, 0.1) is 10.1 Å². The first-order valence-corrected chi connectivity index (χ1v) is 7.51. The first kappa shape index (κ1) is 14.1. The third-order valence-electron chi connectivity index (χ3n) is 2.89. The predicted molar refractivity (Wildman–Crippen MR) is 69.2 cm³/mol. The Morgan fingerprint density at radius 1 is 1.58 bits per heavy atom. The van der Waals surface area contributed by atoms with E-state index >= 15 is 0 Å². The summed E-state index contributed by atoms with van der Waals surface area (Å²) < 4.78 is 34.7. The highest BCUT2D eigenvalue weighted by Gasteiger charge is 2.34. The van der Waals surface area contributed by atoms with Gasteiger partial charge in [0.05, 0.1) is 5.69 Å². The summed E-state index contributed by atoms with van der Waals surface area (Å²) in [6, 6.07) is 1.47. The lowest BCUT2D eigenvalue weighted by atomic mass is 10.3. The molecule has 2 rings (SSSR count). The summed E-state index contributed by atoms with van der Waals surface area (Å²) in [5.41, 5.74) is 0.517. The van der Waals surface area contributed by atoms with E-state index in [1.807, 2.05) is 0 Å². The van der Waals surface area contributed by atoms with Gasteiger partial charge in [0.2, 0.25) is 0 Å². The number of pyridine rings is 1. The number of nitro groups is 1. The predicted octanol–water partition coefficient (Wildman–Crippen LogP) is 1.63. The number of aromatic nitrogens is 1. The highest BCUT2D eigenvalue weighted by molar-refractivity contribution is 9.10. The van der Waals surface area contributed by atoms with E-state index in [9.17, 15) is 22.4 Å². The Balaban J connectivity index is 2.21. The standard InChI is InChI=1S/C9H9BrFN3O4S/c10-8-3-6(4-12-9(8)14(15)16)13-2-1-7(5-13)19(11,17)18/h3-4,7H,1-2,5H2. The van der Waals surface area contributed by atoms with E-state index < -0.39 is 20.4 Å². The minimum absolute atomic E-state index is 0.0186. The highest BCUT2D eigenvalue weighted by Crippen LogP contribution is 2.30. The second-order valence-corrected chi connectivity index (χ2v) is 6.56. The lowest BCUT2D eigenvalue weighted by molar-refractivity contribution is -0.390. The number of anilines is 1. The van der Waals surface area contributed by atoms with Crippen LogP contribution in [0.25, 0.3) is 0 Å². The quantitative estimate of drug-likeness (QED) is 0.465. The molecule has 7 nitrogen and oxygen atoms in total. The van der Waals surface area contributed by atoms with Gasteiger partial charge in [0.15, 0.2) is 6.20 Å². The van der Waals surface area contributed by atoms with Gasteiger partial charge in [-0.25, -0.2) is 0 Å². The second kappa shape index (κ2) is 5.00. The molecule has 1 aliphatic rings. The van der Waals surface area contributed by atoms with Crippen molar-refractivity contribution in [2.45, 2.75) is 11.7 Å². The van der Waals surface area contributed by atoms with Gasteiger partial charge in [-0.3, -0.25) is 0 Å². The maximum atomic E-state index is 12.9. The van der Waals surface area contributed by atoms with Crippen molar-refractivity contribution >= 4 is 37.7 Å². The zero-order chi connectivity index (χ0) is 14.2. The van der Waals surface area contributed by atoms with Gasteiger partial charge < -0.3 is 15.0 Å². The Morgan fingerprint density at radius 2 is 2.26 bits per heavy atom. The van der Waals surface area contributed by atoms with Crippen molar-refractivity contribution in [3.8, 4) is 0 Å². The molecule has 0 aromatic carbocycles. The molecule has 1 fully saturated rings. The maximum Gasteiger partial charge on any atom is 0.377 e. The van der Waals surface area contributed by atoms with Gasteiger partial charge in [0, 0.05) is 13.1 Å². The van der Waals surface area contributed by atoms with E-state index in [1.165, 1.54) is 12.3 Å². The fourth-order valence-corrected chi connectivity index (χ4v) is 3.15. The number of rotatable bonds is 3. The molecule has 0 spiro atoms. The van der Waals surface area contributed by atoms with E-state index in [0.29, 0.717) is 12.2 Å². The largest absolute Gasteiger partial charge is 0.377 e. The third kappa shape index (κ3) is 3.00. The smallest absolute Gasteiger partial charge is 0.367 e. The number of hydrogen-bond acceptors (Lipinski definition) is 6. The Morgan fingerprint density at radius 3 is 2.74 bits per heavy atom. The minimum Gasteiger partial charge on any atom is -0.367 e. The lowest BCUT2D eigenvalue weighted by Crippen LogP contribution is -2.24. The van der Waals surface area contributed by atoms with Crippen LogP contribution in [0.1, 0.15) is 6.42 Å². The first-order valence-electron chi connectivity index (χ1n) is 5.27. The molecule has 1 unspecified atom stereocenters. The molecule has 1 atom stereocenters. The molecule has 1 aromatic heterocycles. The van der Waals surface area contributed by atoms with Gasteiger partial charge in [0.1, 0.15) is 9.72 Å². The zero-order valence-electron chi connectivity index (χ0n) is 9.49. The van der Waals surface area contributed by atoms with Crippen LogP contribution in [-0.2, 0) is 10.2 Å². The summed E-state index contributed by atoms with van der Waals surface area (Å²) in [5.74, 6) is -0.322. The Labute approximate surface area is 116 Å². The maximum absolute atomic E-state index is 12.9. The average molecular weight is 354 g/mol. The normalized spacial score (nSPS) is 19.7. The molecule has 19 heavy (non-hydrogen) atoms. The van der Waals surface area contributed by atoms with Crippen molar-refractivity contribution in [1.82, 2.24) is 4.98 Å². The molecular formula is C9H9BrFN3O4S. The van der Waals surface area contributed by atoms with Crippen LogP contribution in [0.4, 0.5) is 15.4 Å². The molecule has 1 aliphatic heterocycles. The van der Waals surface area contributed by atoms with E-state index in [4.69, 9.17) is 0 Å². The van der Waals surface area contributed by atoms with Crippen LogP contribution in [0.5, 0.6) is 0 Å². The fraction of sp³-hybridized carbons (Fsp3) is 0.444. The summed E-state index contributed by atoms with van der Waals surface area (Å²) in [6.45, 7) is 0.379. The molecule has 2 heterocycles. The third-order valence-corrected chi connectivity index (χ3v) is 4.65. The molecule has 0 radical (unpaired) electrons. The van der Waals surface area contributed by atoms with Crippen molar-refractivity contribution < 1.29 is 17.2 Å². The summed E-state index contributed by atoms with van der Waals surface area (Å²) in [5, 5.41) is 9.55. The second-order valence-electron chi connectivity index (χ2n) is 4.09. The van der Waals surface area contributed by atoms with E-state index in [2.05, 4.69) is 20.9 Å². The molecule has 0 N–H and O–H groups in total. The molecule has 0 bridgehead atoms. The first-order chi connectivity index (χ1) is 8.79. The average Bonchev–Trinajstić information content (AvgIpc) is 2.76. The molecular weight excluding hydrogens is 345 g/mol. The van der Waals surface area contributed by atoms with E-state index in [-0.39, 0.29) is 23.3 Å². The van der Waals surface area contributed by atoms with Gasteiger partial charge in [-0.15, -0.1) is 3.89 Å². The van der Waals surface area contributed by atoms with Crippen molar-refractivity contribution in [2.75, 3.05) is 18.0 Å². The van der Waals surface area contributed by atoms with Crippen LogP contribution in [0.3, 0.4) is 0 Å².